The molecule has 0 spiro atoms. The van der Waals surface area contributed by atoms with E-state index in [1.807, 2.05) is 30.4 Å². The van der Waals surface area contributed by atoms with Crippen LogP contribution in [-0.4, -0.2) is 0 Å². The summed E-state index contributed by atoms with van der Waals surface area (Å²) in [4.78, 5) is 0. The zero-order valence-corrected chi connectivity index (χ0v) is 11.9. The summed E-state index contributed by atoms with van der Waals surface area (Å²) < 4.78 is 0. The van der Waals surface area contributed by atoms with E-state index in [9.17, 15) is 0 Å². The van der Waals surface area contributed by atoms with Crippen molar-refractivity contribution in [1.82, 2.24) is 0 Å². The fourth-order valence-electron chi connectivity index (χ4n) is 2.14. The zero-order chi connectivity index (χ0) is 14.4. The predicted octanol–water partition coefficient (Wildman–Crippen LogP) is 4.47. The van der Waals surface area contributed by atoms with Crippen LogP contribution in [0.3, 0.4) is 0 Å². The average molecular weight is 261 g/mol. The van der Waals surface area contributed by atoms with Crippen molar-refractivity contribution in [2.45, 2.75) is 13.8 Å². The molecular weight excluding hydrogens is 242 g/mol. The van der Waals surface area contributed by atoms with Gasteiger partial charge in [0.2, 0.25) is 0 Å². The second kappa shape index (κ2) is 6.60. The summed E-state index contributed by atoms with van der Waals surface area (Å²) in [5.41, 5.74) is 14.7. The van der Waals surface area contributed by atoms with Crippen LogP contribution in [0.5, 0.6) is 0 Å². The molecular formula is C19H19N. The fraction of sp³-hybridized carbons (Fsp3) is 0.105. The highest BCUT2D eigenvalue weighted by molar-refractivity contribution is 5.78. The van der Waals surface area contributed by atoms with Gasteiger partial charge in [0.15, 0.2) is 0 Å². The van der Waals surface area contributed by atoms with Gasteiger partial charge in [0.05, 0.1) is 0 Å². The van der Waals surface area contributed by atoms with Gasteiger partial charge in [0, 0.05) is 5.57 Å². The molecule has 1 heteroatoms. The summed E-state index contributed by atoms with van der Waals surface area (Å²) in [7, 11) is 0. The highest BCUT2D eigenvalue weighted by Crippen LogP contribution is 2.20. The smallest absolute Gasteiger partial charge is 0.0254 e. The van der Waals surface area contributed by atoms with E-state index in [0.717, 1.165) is 16.7 Å². The van der Waals surface area contributed by atoms with Crippen molar-refractivity contribution in [3.05, 3.63) is 88.8 Å². The van der Waals surface area contributed by atoms with Crippen LogP contribution in [0.4, 0.5) is 0 Å². The highest BCUT2D eigenvalue weighted by Gasteiger charge is 2.01. The normalized spacial score (nSPS) is 10.3. The van der Waals surface area contributed by atoms with Crippen molar-refractivity contribution in [1.29, 1.82) is 0 Å². The third kappa shape index (κ3) is 3.50. The molecule has 20 heavy (non-hydrogen) atoms. The minimum atomic E-state index is 0.994. The number of nitrogens with two attached hydrogens (primary N) is 1. The Morgan fingerprint density at radius 2 is 1.80 bits per heavy atom. The molecule has 0 atom stereocenters. The van der Waals surface area contributed by atoms with Gasteiger partial charge >= 0.3 is 0 Å². The zero-order valence-electron chi connectivity index (χ0n) is 11.9. The molecule has 0 heterocycles. The van der Waals surface area contributed by atoms with Gasteiger partial charge in [-0.05, 0) is 48.9 Å². The minimum Gasteiger partial charge on any atom is -0.405 e. The first-order valence-corrected chi connectivity index (χ1v) is 6.68. The third-order valence-electron chi connectivity index (χ3n) is 3.13. The minimum absolute atomic E-state index is 0.994. The van der Waals surface area contributed by atoms with Crippen LogP contribution < -0.4 is 5.73 Å². The van der Waals surface area contributed by atoms with Crippen molar-refractivity contribution in [2.75, 3.05) is 0 Å². The number of benzene rings is 2. The first-order valence-electron chi connectivity index (χ1n) is 6.68. The third-order valence-corrected chi connectivity index (χ3v) is 3.13. The Kier molecular flexibility index (Phi) is 4.60. The monoisotopic (exact) mass is 261 g/mol. The van der Waals surface area contributed by atoms with E-state index >= 15 is 0 Å². The lowest BCUT2D eigenvalue weighted by Gasteiger charge is -2.06. The topological polar surface area (TPSA) is 26.0 Å². The van der Waals surface area contributed by atoms with E-state index in [0.29, 0.717) is 0 Å². The Labute approximate surface area is 120 Å². The Balaban J connectivity index is 2.49. The average Bonchev–Trinajstić information content (AvgIpc) is 2.45. The Morgan fingerprint density at radius 3 is 2.45 bits per heavy atom. The van der Waals surface area contributed by atoms with Gasteiger partial charge in [-0.3, -0.25) is 0 Å². The number of hydrogen-bond donors (Lipinski definition) is 1. The maximum atomic E-state index is 5.56. The number of allylic oxidation sites excluding steroid dienone is 2. The lowest BCUT2D eigenvalue weighted by molar-refractivity contribution is 1.36. The molecule has 100 valence electrons. The predicted molar refractivity (Wildman–Crippen MR) is 87.1 cm³/mol. The summed E-state index contributed by atoms with van der Waals surface area (Å²) >= 11 is 0. The molecule has 0 aromatic heterocycles. The number of aryl methyl sites for hydroxylation is 2. The van der Waals surface area contributed by atoms with E-state index in [2.05, 4.69) is 49.9 Å². The van der Waals surface area contributed by atoms with E-state index in [1.54, 1.807) is 6.20 Å². The second-order valence-electron chi connectivity index (χ2n) is 4.79. The van der Waals surface area contributed by atoms with Gasteiger partial charge in [0.1, 0.15) is 0 Å². The molecule has 0 unspecified atom stereocenters. The Bertz CT molecular complexity index is 672. The van der Waals surface area contributed by atoms with Crippen molar-refractivity contribution >= 4 is 11.6 Å². The summed E-state index contributed by atoms with van der Waals surface area (Å²) in [6.07, 6.45) is 5.42. The van der Waals surface area contributed by atoms with Crippen LogP contribution in [0, 0.1) is 13.8 Å². The van der Waals surface area contributed by atoms with Gasteiger partial charge in [0.25, 0.3) is 0 Å². The van der Waals surface area contributed by atoms with Gasteiger partial charge in [-0.1, -0.05) is 54.1 Å². The molecule has 2 rings (SSSR count). The second-order valence-corrected chi connectivity index (χ2v) is 4.79. The fourth-order valence-corrected chi connectivity index (χ4v) is 2.14. The van der Waals surface area contributed by atoms with Gasteiger partial charge in [-0.15, -0.1) is 5.73 Å². The molecule has 0 amide bonds. The van der Waals surface area contributed by atoms with Crippen molar-refractivity contribution in [3.8, 4) is 0 Å². The maximum absolute atomic E-state index is 5.56. The summed E-state index contributed by atoms with van der Waals surface area (Å²) in [5.74, 6) is 0. The molecule has 0 saturated carbocycles. The molecule has 0 bridgehead atoms. The number of rotatable bonds is 3. The lowest BCUT2D eigenvalue weighted by Crippen LogP contribution is -1.88. The van der Waals surface area contributed by atoms with Crippen LogP contribution in [0.2, 0.25) is 0 Å². The Morgan fingerprint density at radius 1 is 1.05 bits per heavy atom. The maximum Gasteiger partial charge on any atom is 0.0254 e. The van der Waals surface area contributed by atoms with Crippen LogP contribution in [0.1, 0.15) is 22.3 Å². The summed E-state index contributed by atoms with van der Waals surface area (Å²) in [6.45, 7) is 4.20. The van der Waals surface area contributed by atoms with Crippen LogP contribution in [0.15, 0.2) is 66.5 Å². The molecule has 0 aliphatic carbocycles. The number of hydrogen-bond acceptors (Lipinski definition) is 1. The first kappa shape index (κ1) is 13.9. The van der Waals surface area contributed by atoms with E-state index in [4.69, 9.17) is 5.73 Å². The molecule has 2 N–H and O–H groups in total. The molecule has 0 fully saturated rings. The molecule has 2 aromatic rings. The highest BCUT2D eigenvalue weighted by atomic mass is 14.5. The summed E-state index contributed by atoms with van der Waals surface area (Å²) in [5, 5.41) is 0. The quantitative estimate of drug-likeness (QED) is 0.640. The van der Waals surface area contributed by atoms with Crippen LogP contribution in [-0.2, 0) is 0 Å². The van der Waals surface area contributed by atoms with Crippen molar-refractivity contribution in [3.63, 3.8) is 0 Å². The van der Waals surface area contributed by atoms with Gasteiger partial charge < -0.3 is 5.73 Å². The van der Waals surface area contributed by atoms with Gasteiger partial charge in [-0.2, -0.15) is 0 Å². The molecule has 0 aliphatic heterocycles. The van der Waals surface area contributed by atoms with Gasteiger partial charge in [-0.25, -0.2) is 0 Å². The molecule has 0 radical (unpaired) electrons. The molecule has 0 aliphatic rings. The molecule has 0 saturated heterocycles. The lowest BCUT2D eigenvalue weighted by atomic mass is 9.99. The summed E-state index contributed by atoms with van der Waals surface area (Å²) in [6, 6.07) is 16.5. The van der Waals surface area contributed by atoms with E-state index in [1.165, 1.54) is 11.1 Å². The Hall–Kier alpha value is -2.50. The van der Waals surface area contributed by atoms with E-state index in [-0.39, 0.29) is 0 Å². The van der Waals surface area contributed by atoms with Crippen LogP contribution >= 0.6 is 0 Å². The van der Waals surface area contributed by atoms with Crippen LogP contribution in [0.25, 0.3) is 11.6 Å². The van der Waals surface area contributed by atoms with Crippen molar-refractivity contribution in [2.24, 2.45) is 5.73 Å². The standard InChI is InChI=1S/C19H19N/c1-15-8-11-19(16(2)14-15)18(12-13-20)10-9-17-6-4-3-5-7-17/h3-9,11-14H,20H2,1-2H3/b13-12-. The SMILES string of the molecule is Cc1ccc(C(=C=Cc2ccccc2)/C=C\N)c(C)c1. The molecule has 2 aromatic carbocycles. The largest absolute Gasteiger partial charge is 0.405 e. The first-order chi connectivity index (χ1) is 9.70. The molecule has 1 nitrogen and oxygen atoms in total. The van der Waals surface area contributed by atoms with E-state index < -0.39 is 0 Å². The van der Waals surface area contributed by atoms with Crippen molar-refractivity contribution < 1.29 is 0 Å².